The lowest BCUT2D eigenvalue weighted by Gasteiger charge is -1.99. The second-order valence-corrected chi connectivity index (χ2v) is 5.88. The summed E-state index contributed by atoms with van der Waals surface area (Å²) in [5, 5.41) is 3.37. The van der Waals surface area contributed by atoms with Crippen LogP contribution in [0.15, 0.2) is 27.3 Å². The third-order valence-corrected chi connectivity index (χ3v) is 4.02. The Labute approximate surface area is 108 Å². The van der Waals surface area contributed by atoms with E-state index >= 15 is 0 Å². The molecule has 0 saturated heterocycles. The molecule has 2 nitrogen and oxygen atoms in total. The van der Waals surface area contributed by atoms with Gasteiger partial charge in [-0.1, -0.05) is 0 Å². The van der Waals surface area contributed by atoms with Gasteiger partial charge in [-0.05, 0) is 53.5 Å². The van der Waals surface area contributed by atoms with E-state index in [2.05, 4.69) is 41.2 Å². The molecule has 1 N–H and O–H groups in total. The summed E-state index contributed by atoms with van der Waals surface area (Å²) in [7, 11) is 0. The van der Waals surface area contributed by atoms with E-state index in [1.807, 2.05) is 23.5 Å². The predicted octanol–water partition coefficient (Wildman–Crippen LogP) is 4.01. The maximum atomic E-state index is 5.41. The number of halogens is 1. The average Bonchev–Trinajstić information content (AvgIpc) is 2.75. The number of rotatable bonds is 4. The first-order valence-corrected chi connectivity index (χ1v) is 6.77. The topological polar surface area (TPSA) is 25.2 Å². The van der Waals surface area contributed by atoms with Crippen molar-refractivity contribution in [2.24, 2.45) is 0 Å². The Kier molecular flexibility index (Phi) is 3.84. The number of furan rings is 1. The van der Waals surface area contributed by atoms with Crippen molar-refractivity contribution in [3.63, 3.8) is 0 Å². The molecule has 0 unspecified atom stereocenters. The van der Waals surface area contributed by atoms with Gasteiger partial charge >= 0.3 is 0 Å². The summed E-state index contributed by atoms with van der Waals surface area (Å²) in [6.07, 6.45) is 0. The van der Waals surface area contributed by atoms with Gasteiger partial charge in [-0.25, -0.2) is 0 Å². The lowest BCUT2D eigenvalue weighted by atomic mass is 10.3. The van der Waals surface area contributed by atoms with E-state index in [-0.39, 0.29) is 0 Å². The van der Waals surface area contributed by atoms with Crippen molar-refractivity contribution in [2.75, 3.05) is 0 Å². The van der Waals surface area contributed by atoms with Crippen LogP contribution in [0.1, 0.15) is 21.1 Å². The van der Waals surface area contributed by atoms with E-state index in [0.717, 1.165) is 23.5 Å². The van der Waals surface area contributed by atoms with Crippen molar-refractivity contribution in [3.05, 3.63) is 43.9 Å². The molecule has 0 aromatic carbocycles. The van der Waals surface area contributed by atoms with Crippen LogP contribution >= 0.6 is 27.3 Å². The molecule has 16 heavy (non-hydrogen) atoms. The summed E-state index contributed by atoms with van der Waals surface area (Å²) >= 11 is 5.14. The molecule has 0 aliphatic rings. The highest BCUT2D eigenvalue weighted by atomic mass is 79.9. The molecular formula is C12H14BrNOS. The molecule has 0 aliphatic heterocycles. The van der Waals surface area contributed by atoms with Crippen LogP contribution < -0.4 is 5.32 Å². The second-order valence-electron chi connectivity index (χ2n) is 3.76. The molecule has 2 heterocycles. The predicted molar refractivity (Wildman–Crippen MR) is 70.7 cm³/mol. The lowest BCUT2D eigenvalue weighted by molar-refractivity contribution is 0.466. The molecule has 0 spiro atoms. The Bertz CT molecular complexity index is 456. The number of nitrogens with one attached hydrogen (secondary N) is 1. The number of hydrogen-bond acceptors (Lipinski definition) is 3. The first-order chi connectivity index (χ1) is 7.65. The number of aryl methyl sites for hydroxylation is 2. The minimum atomic E-state index is 0.765. The molecule has 0 fully saturated rings. The van der Waals surface area contributed by atoms with E-state index in [9.17, 15) is 0 Å². The normalized spacial score (nSPS) is 10.9. The summed E-state index contributed by atoms with van der Waals surface area (Å²) in [5.74, 6) is 0.955. The van der Waals surface area contributed by atoms with Crippen LogP contribution in [0.3, 0.4) is 0 Å². The summed E-state index contributed by atoms with van der Waals surface area (Å²) < 4.78 is 6.19. The van der Waals surface area contributed by atoms with Crippen molar-refractivity contribution in [1.29, 1.82) is 0 Å². The SMILES string of the molecule is Cc1cc(CNCc2ccc(Br)o2)sc1C. The fourth-order valence-corrected chi connectivity index (χ4v) is 2.86. The van der Waals surface area contributed by atoms with Crippen LogP contribution in [0.5, 0.6) is 0 Å². The molecule has 2 rings (SSSR count). The van der Waals surface area contributed by atoms with Gasteiger partial charge in [-0.15, -0.1) is 11.3 Å². The maximum Gasteiger partial charge on any atom is 0.169 e. The van der Waals surface area contributed by atoms with Gasteiger partial charge in [0.15, 0.2) is 4.67 Å². The van der Waals surface area contributed by atoms with Crippen LogP contribution in [0.2, 0.25) is 0 Å². The van der Waals surface area contributed by atoms with Crippen molar-refractivity contribution < 1.29 is 4.42 Å². The zero-order chi connectivity index (χ0) is 11.5. The quantitative estimate of drug-likeness (QED) is 0.923. The minimum absolute atomic E-state index is 0.765. The van der Waals surface area contributed by atoms with E-state index in [4.69, 9.17) is 4.42 Å². The molecular weight excluding hydrogens is 286 g/mol. The molecule has 86 valence electrons. The van der Waals surface area contributed by atoms with E-state index in [0.29, 0.717) is 0 Å². The first-order valence-electron chi connectivity index (χ1n) is 5.16. The molecule has 2 aromatic rings. The molecule has 0 amide bonds. The van der Waals surface area contributed by atoms with Crippen LogP contribution in [0.25, 0.3) is 0 Å². The maximum absolute atomic E-state index is 5.41. The van der Waals surface area contributed by atoms with Gasteiger partial charge in [-0.3, -0.25) is 0 Å². The molecule has 0 atom stereocenters. The molecule has 0 aliphatic carbocycles. The zero-order valence-electron chi connectivity index (χ0n) is 9.34. The fraction of sp³-hybridized carbons (Fsp3) is 0.333. The summed E-state index contributed by atoms with van der Waals surface area (Å²) in [5.41, 5.74) is 1.38. The average molecular weight is 300 g/mol. The second kappa shape index (κ2) is 5.17. The smallest absolute Gasteiger partial charge is 0.169 e. The lowest BCUT2D eigenvalue weighted by Crippen LogP contribution is -2.10. The van der Waals surface area contributed by atoms with Gasteiger partial charge in [-0.2, -0.15) is 0 Å². The van der Waals surface area contributed by atoms with Crippen molar-refractivity contribution in [1.82, 2.24) is 5.32 Å². The third-order valence-electron chi connectivity index (χ3n) is 2.44. The van der Waals surface area contributed by atoms with E-state index in [1.165, 1.54) is 15.3 Å². The van der Waals surface area contributed by atoms with Gasteiger partial charge in [0.2, 0.25) is 0 Å². The summed E-state index contributed by atoms with van der Waals surface area (Å²) in [6, 6.07) is 6.13. The molecule has 0 saturated carbocycles. The highest BCUT2D eigenvalue weighted by Crippen LogP contribution is 2.20. The Balaban J connectivity index is 1.84. The van der Waals surface area contributed by atoms with Crippen molar-refractivity contribution in [2.45, 2.75) is 26.9 Å². The number of hydrogen-bond donors (Lipinski definition) is 1. The van der Waals surface area contributed by atoms with Gasteiger partial charge in [0.05, 0.1) is 6.54 Å². The molecule has 2 aromatic heterocycles. The van der Waals surface area contributed by atoms with Gasteiger partial charge in [0.1, 0.15) is 5.76 Å². The van der Waals surface area contributed by atoms with Gasteiger partial charge < -0.3 is 9.73 Å². The van der Waals surface area contributed by atoms with E-state index in [1.54, 1.807) is 0 Å². The van der Waals surface area contributed by atoms with Crippen molar-refractivity contribution in [3.8, 4) is 0 Å². The fourth-order valence-electron chi connectivity index (χ4n) is 1.49. The molecule has 0 bridgehead atoms. The Hall–Kier alpha value is -0.580. The largest absolute Gasteiger partial charge is 0.453 e. The monoisotopic (exact) mass is 299 g/mol. The minimum Gasteiger partial charge on any atom is -0.453 e. The Morgan fingerprint density at radius 3 is 2.69 bits per heavy atom. The first kappa shape index (κ1) is 11.9. The summed E-state index contributed by atoms with van der Waals surface area (Å²) in [4.78, 5) is 2.78. The third kappa shape index (κ3) is 2.97. The van der Waals surface area contributed by atoms with Crippen LogP contribution in [0, 0.1) is 13.8 Å². The molecule has 0 radical (unpaired) electrons. The Morgan fingerprint density at radius 2 is 2.12 bits per heavy atom. The van der Waals surface area contributed by atoms with E-state index < -0.39 is 0 Å². The van der Waals surface area contributed by atoms with Crippen LogP contribution in [-0.4, -0.2) is 0 Å². The van der Waals surface area contributed by atoms with Crippen LogP contribution in [0.4, 0.5) is 0 Å². The van der Waals surface area contributed by atoms with Gasteiger partial charge in [0.25, 0.3) is 0 Å². The molecule has 4 heteroatoms. The van der Waals surface area contributed by atoms with Crippen molar-refractivity contribution >= 4 is 27.3 Å². The highest BCUT2D eigenvalue weighted by molar-refractivity contribution is 9.10. The highest BCUT2D eigenvalue weighted by Gasteiger charge is 2.02. The zero-order valence-corrected chi connectivity index (χ0v) is 11.7. The standard InChI is InChI=1S/C12H14BrNOS/c1-8-5-11(16-9(8)2)7-14-6-10-3-4-12(13)15-10/h3-5,14H,6-7H2,1-2H3. The van der Waals surface area contributed by atoms with Crippen LogP contribution in [-0.2, 0) is 13.1 Å². The van der Waals surface area contributed by atoms with Gasteiger partial charge in [0, 0.05) is 16.3 Å². The Morgan fingerprint density at radius 1 is 1.31 bits per heavy atom. The number of thiophene rings is 1. The summed E-state index contributed by atoms with van der Waals surface area (Å²) in [6.45, 7) is 5.98.